The van der Waals surface area contributed by atoms with E-state index in [9.17, 15) is 3.44 Å². The minimum absolute atomic E-state index is 0.738. The monoisotopic (exact) mass is 1110 g/mol. The van der Waals surface area contributed by atoms with Crippen molar-refractivity contribution in [2.75, 3.05) is 0 Å². The zero-order chi connectivity index (χ0) is 31.3. The SMILES string of the molecule is CC(C)Cc1cc(I)c(I)cc1CC(C)C.CC(C)Cc1ccccc1CC(C)C.II.[O-][I+](O)(O)(O)(O)O. The van der Waals surface area contributed by atoms with E-state index in [2.05, 4.69) is 174 Å². The zero-order valence-corrected chi connectivity index (χ0v) is 34.9. The van der Waals surface area contributed by atoms with Gasteiger partial charge in [-0.1, -0.05) is 79.7 Å². The molecule has 0 fully saturated rings. The normalized spacial score (nSPS) is 13.1. The average molecular weight is 1110 g/mol. The van der Waals surface area contributed by atoms with E-state index in [1.54, 1.807) is 11.1 Å². The number of benzene rings is 2. The molecule has 0 saturated carbocycles. The maximum absolute atomic E-state index is 9.22. The number of hydrogen-bond acceptors (Lipinski definition) is 6. The van der Waals surface area contributed by atoms with Crippen LogP contribution in [0.25, 0.3) is 0 Å². The summed E-state index contributed by atoms with van der Waals surface area (Å²) >= 11 is 0.752. The van der Waals surface area contributed by atoms with E-state index in [0.29, 0.717) is 0 Å². The first-order valence-corrected chi connectivity index (χ1v) is 26.8. The molecule has 0 heterocycles. The summed E-state index contributed by atoms with van der Waals surface area (Å²) in [6.45, 7) is 18.3. The van der Waals surface area contributed by atoms with Crippen molar-refractivity contribution in [3.8, 4) is 0 Å². The van der Waals surface area contributed by atoms with E-state index in [0.717, 1.165) is 23.7 Å². The number of rotatable bonds is 8. The van der Waals surface area contributed by atoms with E-state index >= 15 is 0 Å². The molecule has 0 bridgehead atoms. The van der Waals surface area contributed by atoms with Crippen LogP contribution >= 0.6 is 82.4 Å². The first kappa shape index (κ1) is 43.0. The molecular weight excluding hydrogens is 1070 g/mol. The van der Waals surface area contributed by atoms with Crippen molar-refractivity contribution in [1.82, 2.24) is 0 Å². The molecule has 2 aromatic rings. The van der Waals surface area contributed by atoms with Gasteiger partial charge in [-0.2, -0.15) is 0 Å². The van der Waals surface area contributed by atoms with Crippen LogP contribution in [0.1, 0.15) is 77.6 Å². The fraction of sp³-hybridized carbons (Fsp3) is 0.571. The van der Waals surface area contributed by atoms with Crippen LogP contribution in [0.5, 0.6) is 0 Å². The fourth-order valence-corrected chi connectivity index (χ4v) is 4.79. The van der Waals surface area contributed by atoms with Gasteiger partial charge in [0.1, 0.15) is 0 Å². The summed E-state index contributed by atoms with van der Waals surface area (Å²) in [6, 6.07) is 13.6. The quantitative estimate of drug-likeness (QED) is 0.253. The minimum atomic E-state index is -8.37. The Hall–Kier alpha value is 1.85. The summed E-state index contributed by atoms with van der Waals surface area (Å²) in [4.78, 5) is 0. The average Bonchev–Trinajstić information content (AvgIpc) is 2.71. The summed E-state index contributed by atoms with van der Waals surface area (Å²) in [5.74, 6) is 2.98. The molecule has 0 spiro atoms. The Labute approximate surface area is 287 Å². The standard InChI is InChI=1S/C14H20I2.C14H22.I2.H5IO6/c1-9(2)5-11-7-13(15)14(16)8-12(11)6-10(3)4;1-11(2)9-13-7-5-6-8-14(13)10-12(3)4;1-2;2-1(3,4,5,6)7/h7-10H,5-6H2,1-4H3;5-8,11-12H,9-10H2,1-4H3;;2-6H. The summed E-state index contributed by atoms with van der Waals surface area (Å²) < 4.78 is 48.5. The molecule has 0 aliphatic heterocycles. The van der Waals surface area contributed by atoms with Crippen LogP contribution < -0.4 is 21.6 Å². The Morgan fingerprint density at radius 1 is 0.564 bits per heavy atom. The molecular formula is C28H47I5O6. The van der Waals surface area contributed by atoms with Crippen LogP contribution in [0.3, 0.4) is 0 Å². The molecule has 0 aliphatic carbocycles. The van der Waals surface area contributed by atoms with Gasteiger partial charge in [0.25, 0.3) is 0 Å². The van der Waals surface area contributed by atoms with Crippen LogP contribution in [0.2, 0.25) is 0 Å². The van der Waals surface area contributed by atoms with E-state index in [1.807, 2.05) is 0 Å². The second kappa shape index (κ2) is 18.6. The summed E-state index contributed by atoms with van der Waals surface area (Å²) in [5, 5.41) is 0. The summed E-state index contributed by atoms with van der Waals surface area (Å²) in [6.07, 6.45) is 4.83. The zero-order valence-electron chi connectivity index (χ0n) is 24.1. The van der Waals surface area contributed by atoms with E-state index < -0.39 is 18.2 Å². The van der Waals surface area contributed by atoms with E-state index in [4.69, 9.17) is 17.2 Å². The van der Waals surface area contributed by atoms with Crippen LogP contribution in [0, 0.1) is 30.8 Å². The summed E-state index contributed by atoms with van der Waals surface area (Å²) in [7, 11) is 0. The van der Waals surface area contributed by atoms with Gasteiger partial charge in [-0.3, -0.25) is 0 Å². The Bertz CT molecular complexity index is 897. The van der Waals surface area contributed by atoms with Gasteiger partial charge in [0.15, 0.2) is 0 Å². The Morgan fingerprint density at radius 3 is 0.974 bits per heavy atom. The third-order valence-corrected chi connectivity index (χ3v) is 7.69. The molecule has 0 aromatic heterocycles. The van der Waals surface area contributed by atoms with Crippen molar-refractivity contribution in [3.05, 3.63) is 65.8 Å². The molecule has 0 radical (unpaired) electrons. The Balaban J connectivity index is 0. The van der Waals surface area contributed by atoms with Crippen LogP contribution in [-0.4, -0.2) is 17.2 Å². The van der Waals surface area contributed by atoms with Crippen LogP contribution in [0.4, 0.5) is 0 Å². The van der Waals surface area contributed by atoms with Crippen molar-refractivity contribution in [3.63, 3.8) is 0 Å². The molecule has 0 unspecified atom stereocenters. The first-order chi connectivity index (χ1) is 17.4. The third kappa shape index (κ3) is 28.4. The van der Waals surface area contributed by atoms with Crippen molar-refractivity contribution < 1.29 is 38.8 Å². The molecule has 0 aliphatic rings. The van der Waals surface area contributed by atoms with Gasteiger partial charge in [0, 0.05) is 44.4 Å². The topological polar surface area (TPSA) is 124 Å². The fourth-order valence-electron chi connectivity index (χ4n) is 3.72. The van der Waals surface area contributed by atoms with Gasteiger partial charge >= 0.3 is 38.8 Å². The van der Waals surface area contributed by atoms with E-state index in [-0.39, 0.29) is 0 Å². The first-order valence-electron chi connectivity index (χ1n) is 12.7. The van der Waals surface area contributed by atoms with Gasteiger partial charge in [0.2, 0.25) is 0 Å². The molecule has 39 heavy (non-hydrogen) atoms. The Kier molecular flexibility index (Phi) is 20.5. The van der Waals surface area contributed by atoms with Gasteiger partial charge < -0.3 is 0 Å². The van der Waals surface area contributed by atoms with Gasteiger partial charge in [0.05, 0.1) is 0 Å². The van der Waals surface area contributed by atoms with Gasteiger partial charge in [-0.05, 0) is 129 Å². The van der Waals surface area contributed by atoms with Gasteiger partial charge in [-0.15, -0.1) is 0 Å². The molecule has 0 atom stereocenters. The summed E-state index contributed by atoms with van der Waals surface area (Å²) in [5.41, 5.74) is 6.18. The predicted molar refractivity (Wildman–Crippen MR) is 192 cm³/mol. The van der Waals surface area contributed by atoms with Crippen molar-refractivity contribution in [1.29, 1.82) is 0 Å². The third-order valence-electron chi connectivity index (χ3n) is 4.87. The Morgan fingerprint density at radius 2 is 0.769 bits per heavy atom. The van der Waals surface area contributed by atoms with Crippen LogP contribution in [0.15, 0.2) is 36.4 Å². The molecule has 0 amide bonds. The number of halogens is 5. The second-order valence-electron chi connectivity index (χ2n) is 11.3. The molecule has 6 nitrogen and oxygen atoms in total. The molecule has 230 valence electrons. The van der Waals surface area contributed by atoms with Crippen molar-refractivity contribution in [2.24, 2.45) is 23.7 Å². The van der Waals surface area contributed by atoms with Crippen LogP contribution in [-0.2, 0) is 25.7 Å². The molecule has 2 aromatic carbocycles. The molecule has 2 rings (SSSR count). The number of hydrogen-bond donors (Lipinski definition) is 5. The van der Waals surface area contributed by atoms with E-state index in [1.165, 1.54) is 44.0 Å². The van der Waals surface area contributed by atoms with Crippen molar-refractivity contribution in [2.45, 2.75) is 81.1 Å². The van der Waals surface area contributed by atoms with Crippen molar-refractivity contribution >= 4 is 82.4 Å². The molecule has 0 saturated heterocycles. The molecule has 5 N–H and O–H groups in total. The predicted octanol–water partition coefficient (Wildman–Crippen LogP) is 4.18. The second-order valence-corrected chi connectivity index (χ2v) is 19.9. The molecule has 11 heteroatoms. The maximum atomic E-state index is 9.22. The van der Waals surface area contributed by atoms with Gasteiger partial charge in [-0.25, -0.2) is 0 Å².